The second-order valence-corrected chi connectivity index (χ2v) is 12.0. The number of benzene rings is 1. The minimum Gasteiger partial charge on any atom is -0.465 e. The van der Waals surface area contributed by atoms with Gasteiger partial charge in [-0.05, 0) is 82.1 Å². The highest BCUT2D eigenvalue weighted by Crippen LogP contribution is 2.29. The number of halogens is 2. The number of hydrogen-bond acceptors (Lipinski definition) is 4. The smallest absolute Gasteiger partial charge is 0.408 e. The Hall–Kier alpha value is -2.78. The summed E-state index contributed by atoms with van der Waals surface area (Å²) < 4.78 is 0. The number of carbonyl (C=O) groups excluding carboxylic acids is 2. The summed E-state index contributed by atoms with van der Waals surface area (Å²) >= 11 is 12.3. The fourth-order valence-electron chi connectivity index (χ4n) is 5.59. The summed E-state index contributed by atoms with van der Waals surface area (Å²) in [4.78, 5) is 42.4. The number of aryl methyl sites for hydroxylation is 1. The van der Waals surface area contributed by atoms with E-state index in [-0.39, 0.29) is 18.2 Å². The molecule has 0 bridgehead atoms. The molecular weight excluding hydrogens is 529 g/mol. The van der Waals surface area contributed by atoms with E-state index in [1.807, 2.05) is 6.20 Å². The third kappa shape index (κ3) is 6.26. The summed E-state index contributed by atoms with van der Waals surface area (Å²) in [5.41, 5.74) is 2.18. The van der Waals surface area contributed by atoms with Crippen LogP contribution in [0.15, 0.2) is 24.4 Å². The van der Waals surface area contributed by atoms with Gasteiger partial charge in [-0.2, -0.15) is 5.10 Å². The molecule has 1 aliphatic carbocycles. The van der Waals surface area contributed by atoms with Crippen LogP contribution >= 0.6 is 23.2 Å². The lowest BCUT2D eigenvalue weighted by molar-refractivity contribution is -0.143. The Labute approximate surface area is 232 Å². The van der Waals surface area contributed by atoms with E-state index in [1.165, 1.54) is 10.5 Å². The number of carbonyl (C=O) groups is 3. The minimum absolute atomic E-state index is 0.110. The van der Waals surface area contributed by atoms with Gasteiger partial charge in [0.1, 0.15) is 12.1 Å². The Bertz CT molecular complexity index is 1190. The van der Waals surface area contributed by atoms with E-state index >= 15 is 0 Å². The van der Waals surface area contributed by atoms with Gasteiger partial charge >= 0.3 is 6.09 Å². The number of carboxylic acid groups (broad SMARTS) is 1. The molecule has 2 aliphatic rings. The number of aromatic amines is 1. The van der Waals surface area contributed by atoms with Gasteiger partial charge in [-0.3, -0.25) is 19.6 Å². The Kier molecular flexibility index (Phi) is 8.57. The Balaban J connectivity index is 1.50. The van der Waals surface area contributed by atoms with Crippen LogP contribution in [-0.2, 0) is 28.9 Å². The normalized spacial score (nSPS) is 20.1. The maximum absolute atomic E-state index is 14.0. The molecule has 1 aromatic heterocycles. The van der Waals surface area contributed by atoms with E-state index in [1.54, 1.807) is 43.9 Å². The summed E-state index contributed by atoms with van der Waals surface area (Å²) in [5.74, 6) is -0.271. The van der Waals surface area contributed by atoms with Gasteiger partial charge in [0.25, 0.3) is 0 Å². The van der Waals surface area contributed by atoms with Crippen LogP contribution in [0.1, 0.15) is 56.9 Å². The molecule has 3 atom stereocenters. The second-order valence-electron chi connectivity index (χ2n) is 11.2. The van der Waals surface area contributed by atoms with Crippen molar-refractivity contribution in [2.75, 3.05) is 13.1 Å². The first-order chi connectivity index (χ1) is 18.0. The van der Waals surface area contributed by atoms with Crippen molar-refractivity contribution in [2.24, 2.45) is 5.92 Å². The molecule has 11 heteroatoms. The number of hydrogen-bond donors (Lipinski definition) is 3. The molecule has 4 rings (SSSR count). The minimum atomic E-state index is -1.20. The molecule has 3 amide bonds. The molecule has 1 saturated heterocycles. The van der Waals surface area contributed by atoms with Gasteiger partial charge in [0, 0.05) is 30.7 Å². The van der Waals surface area contributed by atoms with Gasteiger partial charge < -0.3 is 15.3 Å². The zero-order valence-electron chi connectivity index (χ0n) is 22.0. The van der Waals surface area contributed by atoms with Crippen molar-refractivity contribution in [2.45, 2.75) is 76.9 Å². The number of fused-ring (bicyclic) bond motifs is 1. The predicted octanol–water partition coefficient (Wildman–Crippen LogP) is 4.32. The molecule has 0 saturated carbocycles. The summed E-state index contributed by atoms with van der Waals surface area (Å²) in [6, 6.07) is 3.35. The number of aromatic nitrogens is 2. The van der Waals surface area contributed by atoms with Crippen LogP contribution in [0.3, 0.4) is 0 Å². The van der Waals surface area contributed by atoms with Crippen LogP contribution in [0.2, 0.25) is 10.0 Å². The maximum Gasteiger partial charge on any atom is 0.408 e. The SMILES string of the molecule is CC(C)(C)N(C(=O)O)[C@H](Cc1ccc(Cl)c(Cl)c1)C(=O)N1CCC[C@H]1C(=O)NCC1CCc2[nH]ncc2C1. The van der Waals surface area contributed by atoms with Crippen LogP contribution in [0.5, 0.6) is 0 Å². The van der Waals surface area contributed by atoms with Crippen molar-refractivity contribution >= 4 is 41.1 Å². The van der Waals surface area contributed by atoms with Gasteiger partial charge in [-0.1, -0.05) is 29.3 Å². The topological polar surface area (TPSA) is 119 Å². The largest absolute Gasteiger partial charge is 0.465 e. The van der Waals surface area contributed by atoms with Crippen LogP contribution < -0.4 is 5.32 Å². The number of nitrogens with zero attached hydrogens (tertiary/aromatic N) is 3. The van der Waals surface area contributed by atoms with E-state index in [0.717, 1.165) is 25.0 Å². The molecule has 9 nitrogen and oxygen atoms in total. The number of nitrogens with one attached hydrogen (secondary N) is 2. The van der Waals surface area contributed by atoms with Gasteiger partial charge in [-0.15, -0.1) is 0 Å². The summed E-state index contributed by atoms with van der Waals surface area (Å²) in [6.45, 7) is 6.17. The van der Waals surface area contributed by atoms with E-state index in [2.05, 4.69) is 15.5 Å². The summed E-state index contributed by atoms with van der Waals surface area (Å²) in [7, 11) is 0. The lowest BCUT2D eigenvalue weighted by atomic mass is 9.88. The van der Waals surface area contributed by atoms with Crippen LogP contribution in [0, 0.1) is 5.92 Å². The van der Waals surface area contributed by atoms with E-state index in [4.69, 9.17) is 23.2 Å². The van der Waals surface area contributed by atoms with Crippen molar-refractivity contribution in [3.63, 3.8) is 0 Å². The average molecular weight is 565 g/mol. The summed E-state index contributed by atoms with van der Waals surface area (Å²) in [6.07, 6.45) is 4.67. The van der Waals surface area contributed by atoms with Crippen molar-refractivity contribution in [1.82, 2.24) is 25.3 Å². The van der Waals surface area contributed by atoms with E-state index < -0.39 is 23.7 Å². The zero-order valence-corrected chi connectivity index (χ0v) is 23.5. The molecule has 0 radical (unpaired) electrons. The van der Waals surface area contributed by atoms with Gasteiger partial charge in [0.05, 0.1) is 16.2 Å². The van der Waals surface area contributed by atoms with Gasteiger partial charge in [-0.25, -0.2) is 4.79 Å². The average Bonchev–Trinajstić information content (AvgIpc) is 3.52. The molecule has 0 spiro atoms. The second kappa shape index (κ2) is 11.5. The van der Waals surface area contributed by atoms with E-state index in [9.17, 15) is 19.5 Å². The fraction of sp³-hybridized carbons (Fsp3) is 0.556. The quantitative estimate of drug-likeness (QED) is 0.463. The lowest BCUT2D eigenvalue weighted by Crippen LogP contribution is -2.60. The highest BCUT2D eigenvalue weighted by molar-refractivity contribution is 6.42. The molecule has 2 heterocycles. The van der Waals surface area contributed by atoms with Gasteiger partial charge in [0.2, 0.25) is 11.8 Å². The molecule has 1 aromatic carbocycles. The molecule has 1 unspecified atom stereocenters. The van der Waals surface area contributed by atoms with E-state index in [0.29, 0.717) is 47.5 Å². The molecule has 206 valence electrons. The number of likely N-dealkylation sites (tertiary alicyclic amines) is 1. The lowest BCUT2D eigenvalue weighted by Gasteiger charge is -2.41. The molecule has 1 aliphatic heterocycles. The Morgan fingerprint density at radius 3 is 2.68 bits per heavy atom. The van der Waals surface area contributed by atoms with Crippen LogP contribution in [-0.4, -0.2) is 73.7 Å². The number of rotatable bonds is 7. The molecule has 1 fully saturated rings. The number of amides is 3. The first-order valence-electron chi connectivity index (χ1n) is 13.0. The standard InChI is InChI=1S/C27H35Cl2N5O4/c1-27(2,3)34(26(37)38)23(13-16-6-8-19(28)20(29)12-16)25(36)33-10-4-5-22(33)24(35)30-14-17-7-9-21-18(11-17)15-31-32-21/h6,8,12,15,17,22-23H,4-5,7,9-11,13-14H2,1-3H3,(H,30,35)(H,31,32)(H,37,38)/t17?,22-,23+/m0/s1. The number of H-pyrrole nitrogens is 1. The molecule has 2 aromatic rings. The molecule has 3 N–H and O–H groups in total. The van der Waals surface area contributed by atoms with Gasteiger partial charge in [0.15, 0.2) is 0 Å². The van der Waals surface area contributed by atoms with Crippen LogP contribution in [0.25, 0.3) is 0 Å². The highest BCUT2D eigenvalue weighted by Gasteiger charge is 2.43. The van der Waals surface area contributed by atoms with Crippen molar-refractivity contribution < 1.29 is 19.5 Å². The maximum atomic E-state index is 14.0. The van der Waals surface area contributed by atoms with Crippen molar-refractivity contribution in [3.05, 3.63) is 51.3 Å². The Morgan fingerprint density at radius 2 is 2.00 bits per heavy atom. The third-order valence-corrected chi connectivity index (χ3v) is 8.20. The monoisotopic (exact) mass is 563 g/mol. The first kappa shape index (κ1) is 28.2. The van der Waals surface area contributed by atoms with Crippen LogP contribution in [0.4, 0.5) is 4.79 Å². The first-order valence-corrected chi connectivity index (χ1v) is 13.8. The fourth-order valence-corrected chi connectivity index (χ4v) is 5.91. The molecular formula is C27H35Cl2N5O4. The molecule has 38 heavy (non-hydrogen) atoms. The highest BCUT2D eigenvalue weighted by atomic mass is 35.5. The summed E-state index contributed by atoms with van der Waals surface area (Å²) in [5, 5.41) is 21.0. The Morgan fingerprint density at radius 1 is 1.24 bits per heavy atom. The van der Waals surface area contributed by atoms with Crippen molar-refractivity contribution in [3.8, 4) is 0 Å². The zero-order chi connectivity index (χ0) is 27.6. The predicted molar refractivity (Wildman–Crippen MR) is 145 cm³/mol. The third-order valence-electron chi connectivity index (χ3n) is 7.46. The van der Waals surface area contributed by atoms with Crippen molar-refractivity contribution in [1.29, 1.82) is 0 Å².